The standard InChI is InChI=1S/C14H19BrFN/c1-4-14(3,10-17-5-2)9-11-8-12(15)6-7-13(11)16/h4,6-8,17H,1,5,9-10H2,2-3H3. The van der Waals surface area contributed by atoms with Crippen molar-refractivity contribution >= 4 is 15.9 Å². The second-order valence-electron chi connectivity index (χ2n) is 4.55. The molecule has 1 aromatic carbocycles. The number of hydrogen-bond acceptors (Lipinski definition) is 1. The van der Waals surface area contributed by atoms with Gasteiger partial charge in [-0.25, -0.2) is 4.39 Å². The molecule has 0 fully saturated rings. The maximum atomic E-state index is 13.7. The zero-order valence-corrected chi connectivity index (χ0v) is 12.0. The quantitative estimate of drug-likeness (QED) is 0.785. The van der Waals surface area contributed by atoms with Gasteiger partial charge in [0.2, 0.25) is 0 Å². The van der Waals surface area contributed by atoms with Crippen LogP contribution in [0.2, 0.25) is 0 Å². The Balaban J connectivity index is 2.86. The summed E-state index contributed by atoms with van der Waals surface area (Å²) < 4.78 is 14.6. The van der Waals surface area contributed by atoms with Gasteiger partial charge in [0.1, 0.15) is 5.82 Å². The van der Waals surface area contributed by atoms with Crippen LogP contribution in [0.25, 0.3) is 0 Å². The molecule has 0 saturated carbocycles. The molecule has 0 aliphatic carbocycles. The zero-order chi connectivity index (χ0) is 12.9. The van der Waals surface area contributed by atoms with Crippen molar-refractivity contribution in [1.82, 2.24) is 5.32 Å². The molecule has 1 nitrogen and oxygen atoms in total. The van der Waals surface area contributed by atoms with Gasteiger partial charge in [-0.05, 0) is 36.7 Å². The van der Waals surface area contributed by atoms with Crippen molar-refractivity contribution in [2.45, 2.75) is 20.3 Å². The van der Waals surface area contributed by atoms with Crippen LogP contribution in [0.4, 0.5) is 4.39 Å². The Bertz CT molecular complexity index is 392. The fraction of sp³-hybridized carbons (Fsp3) is 0.429. The number of hydrogen-bond donors (Lipinski definition) is 1. The van der Waals surface area contributed by atoms with E-state index in [1.54, 1.807) is 6.07 Å². The lowest BCUT2D eigenvalue weighted by atomic mass is 9.83. The van der Waals surface area contributed by atoms with Gasteiger partial charge in [0.15, 0.2) is 0 Å². The second kappa shape index (κ2) is 6.31. The first kappa shape index (κ1) is 14.4. The predicted octanol–water partition coefficient (Wildman–Crippen LogP) is 3.93. The van der Waals surface area contributed by atoms with E-state index in [0.29, 0.717) is 6.42 Å². The molecule has 0 amide bonds. The molecule has 1 N–H and O–H groups in total. The number of benzene rings is 1. The number of halogens is 2. The van der Waals surface area contributed by atoms with E-state index in [9.17, 15) is 4.39 Å². The monoisotopic (exact) mass is 299 g/mol. The molecule has 0 spiro atoms. The van der Waals surface area contributed by atoms with Crippen LogP contribution < -0.4 is 5.32 Å². The first-order valence-corrected chi connectivity index (χ1v) is 6.58. The van der Waals surface area contributed by atoms with Crippen LogP contribution in [-0.4, -0.2) is 13.1 Å². The normalized spacial score (nSPS) is 14.4. The summed E-state index contributed by atoms with van der Waals surface area (Å²) in [6.07, 6.45) is 2.55. The molecule has 1 aromatic rings. The van der Waals surface area contributed by atoms with Gasteiger partial charge < -0.3 is 5.32 Å². The van der Waals surface area contributed by atoms with Crippen LogP contribution in [-0.2, 0) is 6.42 Å². The van der Waals surface area contributed by atoms with Gasteiger partial charge in [0.25, 0.3) is 0 Å². The summed E-state index contributed by atoms with van der Waals surface area (Å²) in [7, 11) is 0. The molecule has 0 aromatic heterocycles. The van der Waals surface area contributed by atoms with Crippen LogP contribution in [0.3, 0.4) is 0 Å². The Labute approximate surface area is 111 Å². The van der Waals surface area contributed by atoms with Crippen molar-refractivity contribution in [2.24, 2.45) is 5.41 Å². The van der Waals surface area contributed by atoms with Gasteiger partial charge in [-0.2, -0.15) is 0 Å². The predicted molar refractivity (Wildman–Crippen MR) is 74.7 cm³/mol. The van der Waals surface area contributed by atoms with Crippen molar-refractivity contribution in [1.29, 1.82) is 0 Å². The molecule has 0 saturated heterocycles. The zero-order valence-electron chi connectivity index (χ0n) is 10.4. The third-order valence-corrected chi connectivity index (χ3v) is 3.37. The summed E-state index contributed by atoms with van der Waals surface area (Å²) in [6, 6.07) is 5.05. The smallest absolute Gasteiger partial charge is 0.126 e. The molecular weight excluding hydrogens is 281 g/mol. The molecule has 94 valence electrons. The lowest BCUT2D eigenvalue weighted by Crippen LogP contribution is -2.32. The molecule has 17 heavy (non-hydrogen) atoms. The van der Waals surface area contributed by atoms with E-state index in [2.05, 4.69) is 41.7 Å². The van der Waals surface area contributed by atoms with E-state index in [1.807, 2.05) is 12.1 Å². The van der Waals surface area contributed by atoms with E-state index >= 15 is 0 Å². The average Bonchev–Trinajstić information content (AvgIpc) is 2.31. The molecule has 0 heterocycles. The SMILES string of the molecule is C=CC(C)(CNCC)Cc1cc(Br)ccc1F. The topological polar surface area (TPSA) is 12.0 Å². The molecule has 1 unspecified atom stereocenters. The summed E-state index contributed by atoms with van der Waals surface area (Å²) in [5.74, 6) is -0.155. The van der Waals surface area contributed by atoms with Crippen LogP contribution in [0, 0.1) is 11.2 Å². The van der Waals surface area contributed by atoms with Crippen LogP contribution >= 0.6 is 15.9 Å². The van der Waals surface area contributed by atoms with Crippen molar-refractivity contribution < 1.29 is 4.39 Å². The largest absolute Gasteiger partial charge is 0.316 e. The minimum Gasteiger partial charge on any atom is -0.316 e. The summed E-state index contributed by atoms with van der Waals surface area (Å²) >= 11 is 3.37. The maximum Gasteiger partial charge on any atom is 0.126 e. The first-order valence-electron chi connectivity index (χ1n) is 5.79. The van der Waals surface area contributed by atoms with Crippen molar-refractivity contribution in [3.8, 4) is 0 Å². The van der Waals surface area contributed by atoms with Crippen LogP contribution in [0.5, 0.6) is 0 Å². The molecule has 0 bridgehead atoms. The van der Waals surface area contributed by atoms with Gasteiger partial charge in [-0.15, -0.1) is 6.58 Å². The van der Waals surface area contributed by atoms with Crippen LogP contribution in [0.15, 0.2) is 35.3 Å². The Morgan fingerprint density at radius 3 is 2.82 bits per heavy atom. The highest BCUT2D eigenvalue weighted by Crippen LogP contribution is 2.26. The highest BCUT2D eigenvalue weighted by atomic mass is 79.9. The lowest BCUT2D eigenvalue weighted by molar-refractivity contribution is 0.389. The summed E-state index contributed by atoms with van der Waals surface area (Å²) in [5, 5.41) is 3.29. The van der Waals surface area contributed by atoms with Gasteiger partial charge in [-0.1, -0.05) is 35.9 Å². The van der Waals surface area contributed by atoms with E-state index < -0.39 is 0 Å². The fourth-order valence-corrected chi connectivity index (χ4v) is 2.14. The Hall–Kier alpha value is -0.670. The second-order valence-corrected chi connectivity index (χ2v) is 5.47. The molecule has 1 rings (SSSR count). The van der Waals surface area contributed by atoms with Crippen molar-refractivity contribution in [3.63, 3.8) is 0 Å². The third-order valence-electron chi connectivity index (χ3n) is 2.87. The summed E-state index contributed by atoms with van der Waals surface area (Å²) in [4.78, 5) is 0. The van der Waals surface area contributed by atoms with E-state index in [-0.39, 0.29) is 11.2 Å². The van der Waals surface area contributed by atoms with Gasteiger partial charge >= 0.3 is 0 Å². The average molecular weight is 300 g/mol. The Kier molecular flexibility index (Phi) is 5.34. The Morgan fingerprint density at radius 1 is 1.53 bits per heavy atom. The van der Waals surface area contributed by atoms with Crippen LogP contribution in [0.1, 0.15) is 19.4 Å². The molecule has 0 aliphatic heterocycles. The van der Waals surface area contributed by atoms with Crippen molar-refractivity contribution in [3.05, 3.63) is 46.7 Å². The van der Waals surface area contributed by atoms with E-state index in [4.69, 9.17) is 0 Å². The lowest BCUT2D eigenvalue weighted by Gasteiger charge is -2.26. The van der Waals surface area contributed by atoms with Crippen molar-refractivity contribution in [2.75, 3.05) is 13.1 Å². The van der Waals surface area contributed by atoms with Gasteiger partial charge in [0, 0.05) is 16.4 Å². The Morgan fingerprint density at radius 2 is 2.24 bits per heavy atom. The minimum absolute atomic E-state index is 0.127. The number of rotatable bonds is 6. The molecule has 0 radical (unpaired) electrons. The summed E-state index contributed by atoms with van der Waals surface area (Å²) in [5.41, 5.74) is 0.595. The van der Waals surface area contributed by atoms with E-state index in [0.717, 1.165) is 23.1 Å². The van der Waals surface area contributed by atoms with Gasteiger partial charge in [0.05, 0.1) is 0 Å². The number of nitrogens with one attached hydrogen (secondary N) is 1. The first-order chi connectivity index (χ1) is 8.00. The molecular formula is C14H19BrFN. The minimum atomic E-state index is -0.155. The van der Waals surface area contributed by atoms with Gasteiger partial charge in [-0.3, -0.25) is 0 Å². The highest BCUT2D eigenvalue weighted by molar-refractivity contribution is 9.10. The molecule has 1 atom stereocenters. The third kappa shape index (κ3) is 4.25. The fourth-order valence-electron chi connectivity index (χ4n) is 1.73. The maximum absolute atomic E-state index is 13.7. The van der Waals surface area contributed by atoms with E-state index in [1.165, 1.54) is 6.07 Å². The highest BCUT2D eigenvalue weighted by Gasteiger charge is 2.22. The molecule has 0 aliphatic rings. The summed E-state index contributed by atoms with van der Waals surface area (Å²) in [6.45, 7) is 9.72. The molecule has 3 heteroatoms.